The van der Waals surface area contributed by atoms with Crippen LogP contribution in [0.4, 0.5) is 35.1 Å². The first-order valence-electron chi connectivity index (χ1n) is 3.81. The largest absolute Gasteiger partial charge is 0.460 e. The smallest absolute Gasteiger partial charge is 0.316 e. The molecular weight excluding hydrogens is 250 g/mol. The van der Waals surface area contributed by atoms with E-state index in [1.807, 2.05) is 0 Å². The zero-order valence-corrected chi connectivity index (χ0v) is 7.81. The number of likely N-dealkylation sites (N-methyl/N-ethyl adjacent to an activating group) is 1. The number of halogens is 8. The lowest BCUT2D eigenvalue weighted by Crippen LogP contribution is -2.52. The van der Waals surface area contributed by atoms with Gasteiger partial charge in [-0.3, -0.25) is 0 Å². The second-order valence-electron chi connectivity index (χ2n) is 2.76. The van der Waals surface area contributed by atoms with Gasteiger partial charge in [-0.15, -0.1) is 0 Å². The van der Waals surface area contributed by atoms with E-state index in [2.05, 4.69) is 5.32 Å². The number of nitrogens with one attached hydrogen (secondary N) is 1. The van der Waals surface area contributed by atoms with Crippen molar-refractivity contribution in [3.63, 3.8) is 0 Å². The number of allylic oxidation sites excluding steroid dienone is 1. The van der Waals surface area contributed by atoms with Gasteiger partial charge in [0.25, 0.3) is 0 Å². The molecule has 0 aromatic heterocycles. The van der Waals surface area contributed by atoms with Gasteiger partial charge in [0.1, 0.15) is 0 Å². The van der Waals surface area contributed by atoms with Crippen molar-refractivity contribution < 1.29 is 35.1 Å². The molecule has 0 unspecified atom stereocenters. The molecule has 0 aliphatic heterocycles. The van der Waals surface area contributed by atoms with E-state index in [4.69, 9.17) is 0 Å². The summed E-state index contributed by atoms with van der Waals surface area (Å²) in [4.78, 5) is 0. The lowest BCUT2D eigenvalue weighted by Gasteiger charge is -2.26. The Balaban J connectivity index is 5.19. The Bertz CT molecular complexity index is 266. The van der Waals surface area contributed by atoms with Gasteiger partial charge in [-0.2, -0.15) is 30.7 Å². The zero-order valence-electron chi connectivity index (χ0n) is 7.81. The van der Waals surface area contributed by atoms with Crippen molar-refractivity contribution in [2.24, 2.45) is 0 Å². The molecule has 0 heterocycles. The highest BCUT2D eigenvalue weighted by Gasteiger charge is 2.74. The van der Waals surface area contributed by atoms with Crippen molar-refractivity contribution in [1.29, 1.82) is 0 Å². The Morgan fingerprint density at radius 3 is 1.81 bits per heavy atom. The summed E-state index contributed by atoms with van der Waals surface area (Å²) in [5.41, 5.74) is 0. The van der Waals surface area contributed by atoms with E-state index in [1.165, 1.54) is 7.05 Å². The fraction of sp³-hybridized carbons (Fsp3) is 0.714. The van der Waals surface area contributed by atoms with E-state index in [0.29, 0.717) is 0 Å². The van der Waals surface area contributed by atoms with E-state index >= 15 is 0 Å². The van der Waals surface area contributed by atoms with Gasteiger partial charge >= 0.3 is 18.0 Å². The minimum absolute atomic E-state index is 0.0837. The molecule has 0 aromatic carbocycles. The van der Waals surface area contributed by atoms with Crippen molar-refractivity contribution in [3.8, 4) is 0 Å². The molecule has 0 aromatic rings. The van der Waals surface area contributed by atoms with Crippen molar-refractivity contribution in [2.45, 2.75) is 18.0 Å². The van der Waals surface area contributed by atoms with Gasteiger partial charge in [-0.1, -0.05) is 0 Å². The molecule has 0 fully saturated rings. The maximum atomic E-state index is 12.5. The van der Waals surface area contributed by atoms with Crippen molar-refractivity contribution in [2.75, 3.05) is 13.6 Å². The molecule has 0 atom stereocenters. The van der Waals surface area contributed by atoms with E-state index in [0.717, 1.165) is 0 Å². The first kappa shape index (κ1) is 15.1. The fourth-order valence-electron chi connectivity index (χ4n) is 0.648. The molecule has 0 saturated heterocycles. The predicted octanol–water partition coefficient (Wildman–Crippen LogP) is 2.89. The maximum absolute atomic E-state index is 12.5. The molecule has 9 heteroatoms. The maximum Gasteiger partial charge on any atom is 0.460 e. The molecule has 0 aliphatic carbocycles. The summed E-state index contributed by atoms with van der Waals surface area (Å²) in [5.74, 6) is -15.2. The Morgan fingerprint density at radius 2 is 1.50 bits per heavy atom. The highest BCUT2D eigenvalue weighted by atomic mass is 19.4. The Labute approximate surface area is 85.1 Å². The number of alkyl halides is 7. The van der Waals surface area contributed by atoms with Crippen molar-refractivity contribution >= 4 is 0 Å². The molecule has 1 N–H and O–H groups in total. The summed E-state index contributed by atoms with van der Waals surface area (Å²) in [5, 5.41) is 2.09. The van der Waals surface area contributed by atoms with Crippen LogP contribution >= 0.6 is 0 Å². The quantitative estimate of drug-likeness (QED) is 0.763. The molecule has 0 aliphatic rings. The molecule has 1 nitrogen and oxygen atoms in total. The van der Waals surface area contributed by atoms with Crippen LogP contribution in [0.15, 0.2) is 11.9 Å². The molecule has 0 saturated carbocycles. The molecule has 0 radical (unpaired) electrons. The predicted molar refractivity (Wildman–Crippen MR) is 39.1 cm³/mol. The average Bonchev–Trinajstić information content (AvgIpc) is 2.11. The van der Waals surface area contributed by atoms with Crippen LogP contribution in [0.3, 0.4) is 0 Å². The van der Waals surface area contributed by atoms with Crippen LogP contribution in [0.1, 0.15) is 0 Å². The van der Waals surface area contributed by atoms with Crippen LogP contribution < -0.4 is 5.32 Å². The summed E-state index contributed by atoms with van der Waals surface area (Å²) in [6, 6.07) is 0. The third-order valence-electron chi connectivity index (χ3n) is 1.54. The second-order valence-corrected chi connectivity index (χ2v) is 2.76. The van der Waals surface area contributed by atoms with Gasteiger partial charge in [0.2, 0.25) is 0 Å². The van der Waals surface area contributed by atoms with E-state index in [-0.39, 0.29) is 6.08 Å². The third-order valence-corrected chi connectivity index (χ3v) is 1.54. The lowest BCUT2D eigenvalue weighted by molar-refractivity contribution is -0.347. The van der Waals surface area contributed by atoms with Crippen LogP contribution in [0, 0.1) is 0 Å². The minimum Gasteiger partial charge on any atom is -0.316 e. The summed E-state index contributed by atoms with van der Waals surface area (Å²) in [6.45, 7) is -0.602. The van der Waals surface area contributed by atoms with Crippen molar-refractivity contribution in [3.05, 3.63) is 11.9 Å². The van der Waals surface area contributed by atoms with Gasteiger partial charge < -0.3 is 5.32 Å². The van der Waals surface area contributed by atoms with Crippen LogP contribution in [0.5, 0.6) is 0 Å². The number of hydrogen-bond acceptors (Lipinski definition) is 1. The van der Waals surface area contributed by atoms with Gasteiger partial charge in [0.05, 0.1) is 0 Å². The number of hydrogen-bond donors (Lipinski definition) is 1. The molecule has 96 valence electrons. The van der Waals surface area contributed by atoms with Crippen molar-refractivity contribution in [1.82, 2.24) is 5.32 Å². The molecular formula is C7H7F8N. The van der Waals surface area contributed by atoms with E-state index in [9.17, 15) is 35.1 Å². The Morgan fingerprint density at radius 1 is 1.06 bits per heavy atom. The van der Waals surface area contributed by atoms with Crippen LogP contribution in [-0.4, -0.2) is 31.6 Å². The van der Waals surface area contributed by atoms with Gasteiger partial charge in [0, 0.05) is 6.54 Å². The fourth-order valence-corrected chi connectivity index (χ4v) is 0.648. The molecule has 0 bridgehead atoms. The molecule has 0 spiro atoms. The van der Waals surface area contributed by atoms with Gasteiger partial charge in [-0.05, 0) is 13.1 Å². The monoisotopic (exact) mass is 257 g/mol. The highest BCUT2D eigenvalue weighted by Crippen LogP contribution is 2.49. The standard InChI is InChI=1S/C7H7F8N/c1-16-3-2-4(8)5(9,10)6(11,12)7(13,14)15/h2,16H,3H2,1H3. The average molecular weight is 257 g/mol. The summed E-state index contributed by atoms with van der Waals surface area (Å²) < 4.78 is 96.6. The third kappa shape index (κ3) is 2.63. The normalized spacial score (nSPS) is 15.4. The molecule has 0 amide bonds. The lowest BCUT2D eigenvalue weighted by atomic mass is 10.1. The SMILES string of the molecule is CNCC=C(F)C(F)(F)C(F)(F)C(F)(F)F. The topological polar surface area (TPSA) is 12.0 Å². The van der Waals surface area contributed by atoms with Crippen LogP contribution in [0.25, 0.3) is 0 Å². The van der Waals surface area contributed by atoms with Crippen LogP contribution in [0.2, 0.25) is 0 Å². The molecule has 16 heavy (non-hydrogen) atoms. The van der Waals surface area contributed by atoms with E-state index in [1.54, 1.807) is 0 Å². The Hall–Kier alpha value is -0.860. The second kappa shape index (κ2) is 4.56. The van der Waals surface area contributed by atoms with Gasteiger partial charge in [0.15, 0.2) is 5.83 Å². The Kier molecular flexibility index (Phi) is 4.31. The highest BCUT2D eigenvalue weighted by molar-refractivity contribution is 5.13. The van der Waals surface area contributed by atoms with Crippen LogP contribution in [-0.2, 0) is 0 Å². The number of rotatable bonds is 4. The zero-order chi connectivity index (χ0) is 13.2. The summed E-state index contributed by atoms with van der Waals surface area (Å²) in [7, 11) is 1.17. The first-order chi connectivity index (χ1) is 6.98. The molecule has 0 rings (SSSR count). The van der Waals surface area contributed by atoms with Gasteiger partial charge in [-0.25, -0.2) is 4.39 Å². The summed E-state index contributed by atoms with van der Waals surface area (Å²) in [6.07, 6.45) is -6.61. The summed E-state index contributed by atoms with van der Waals surface area (Å²) >= 11 is 0. The van der Waals surface area contributed by atoms with E-state index < -0.39 is 30.4 Å². The first-order valence-corrected chi connectivity index (χ1v) is 3.81. The minimum atomic E-state index is -6.53.